The number of aliphatic imine (C=N–C) groups is 2. The number of hydrogen-bond donors (Lipinski definition) is 0. The minimum Gasteiger partial charge on any atom is -0.474 e. The summed E-state index contributed by atoms with van der Waals surface area (Å²) in [6.07, 6.45) is -3.71. The number of hydrogen-bond acceptors (Lipinski definition) is 7. The average molecular weight is 465 g/mol. The van der Waals surface area contributed by atoms with Gasteiger partial charge in [-0.15, -0.1) is 10.2 Å². The zero-order valence-electron chi connectivity index (χ0n) is 19.1. The lowest BCUT2D eigenvalue weighted by Crippen LogP contribution is -2.41. The molecule has 0 fully saturated rings. The van der Waals surface area contributed by atoms with E-state index in [-0.39, 0.29) is 24.3 Å². The van der Waals surface area contributed by atoms with Gasteiger partial charge in [0.05, 0.1) is 23.4 Å². The largest absolute Gasteiger partial charge is 0.474 e. The molecule has 0 saturated heterocycles. The van der Waals surface area contributed by atoms with Gasteiger partial charge in [0.15, 0.2) is 0 Å². The SMILES string of the molecule is C=N/C(=C\N=C(/C)C(F)(F)F)OC[C@H](C)N(CC)C(=O)c1cccc(C)c1-c1nnc(C)o1. The summed E-state index contributed by atoms with van der Waals surface area (Å²) in [5, 5.41) is 7.88. The summed E-state index contributed by atoms with van der Waals surface area (Å²) in [4.78, 5) is 21.8. The zero-order valence-corrected chi connectivity index (χ0v) is 19.1. The molecule has 11 heteroatoms. The Morgan fingerprint density at radius 1 is 1.33 bits per heavy atom. The molecule has 0 aliphatic heterocycles. The Balaban J connectivity index is 2.23. The van der Waals surface area contributed by atoms with E-state index in [1.54, 1.807) is 37.8 Å². The van der Waals surface area contributed by atoms with Crippen molar-refractivity contribution in [3.63, 3.8) is 0 Å². The van der Waals surface area contributed by atoms with Crippen molar-refractivity contribution in [3.05, 3.63) is 47.3 Å². The highest BCUT2D eigenvalue weighted by molar-refractivity contribution is 6.00. The Labute approximate surface area is 189 Å². The quantitative estimate of drug-likeness (QED) is 0.394. The minimum atomic E-state index is -4.55. The van der Waals surface area contributed by atoms with E-state index in [4.69, 9.17) is 9.15 Å². The van der Waals surface area contributed by atoms with E-state index in [0.717, 1.165) is 18.7 Å². The summed E-state index contributed by atoms with van der Waals surface area (Å²) < 4.78 is 48.8. The molecule has 0 radical (unpaired) electrons. The summed E-state index contributed by atoms with van der Waals surface area (Å²) in [5.41, 5.74) is 0.674. The van der Waals surface area contributed by atoms with Crippen LogP contribution in [0.3, 0.4) is 0 Å². The number of ether oxygens (including phenoxy) is 1. The van der Waals surface area contributed by atoms with Crippen LogP contribution in [0.1, 0.15) is 42.6 Å². The molecule has 1 amide bonds. The molecule has 0 N–H and O–H groups in total. The van der Waals surface area contributed by atoms with Gasteiger partial charge in [-0.2, -0.15) is 13.2 Å². The number of likely N-dealkylation sites (N-methyl/N-ethyl adjacent to an activating group) is 1. The van der Waals surface area contributed by atoms with E-state index >= 15 is 0 Å². The molecule has 2 rings (SSSR count). The number of amides is 1. The first-order chi connectivity index (χ1) is 15.5. The predicted molar refractivity (Wildman–Crippen MR) is 118 cm³/mol. The number of halogens is 3. The maximum Gasteiger partial charge on any atom is 0.429 e. The minimum absolute atomic E-state index is 0.0359. The second-order valence-electron chi connectivity index (χ2n) is 7.21. The predicted octanol–water partition coefficient (Wildman–Crippen LogP) is 4.74. The van der Waals surface area contributed by atoms with Crippen molar-refractivity contribution in [2.45, 2.75) is 46.8 Å². The van der Waals surface area contributed by atoms with Crippen molar-refractivity contribution in [1.29, 1.82) is 0 Å². The topological polar surface area (TPSA) is 93.2 Å². The van der Waals surface area contributed by atoms with Gasteiger partial charge in [0.2, 0.25) is 17.7 Å². The molecule has 1 aromatic heterocycles. The number of carbonyl (C=O) groups is 1. The Bertz CT molecular complexity index is 1060. The van der Waals surface area contributed by atoms with Crippen LogP contribution in [0.2, 0.25) is 0 Å². The molecule has 1 aromatic carbocycles. The van der Waals surface area contributed by atoms with Crippen molar-refractivity contribution < 1.29 is 27.1 Å². The summed E-state index contributed by atoms with van der Waals surface area (Å²) in [7, 11) is 0. The summed E-state index contributed by atoms with van der Waals surface area (Å²) in [6.45, 7) is 11.5. The Morgan fingerprint density at radius 3 is 2.58 bits per heavy atom. The van der Waals surface area contributed by atoms with Crippen LogP contribution in [0.4, 0.5) is 13.2 Å². The van der Waals surface area contributed by atoms with Crippen molar-refractivity contribution in [1.82, 2.24) is 15.1 Å². The molecule has 0 aliphatic rings. The highest BCUT2D eigenvalue weighted by Crippen LogP contribution is 2.28. The van der Waals surface area contributed by atoms with Crippen LogP contribution in [-0.2, 0) is 4.74 Å². The fourth-order valence-electron chi connectivity index (χ4n) is 2.98. The Morgan fingerprint density at radius 2 is 2.03 bits per heavy atom. The second kappa shape index (κ2) is 10.9. The number of rotatable bonds is 9. The highest BCUT2D eigenvalue weighted by atomic mass is 19.4. The van der Waals surface area contributed by atoms with Crippen LogP contribution in [0.5, 0.6) is 0 Å². The summed E-state index contributed by atoms with van der Waals surface area (Å²) in [5.74, 6) is 0.144. The van der Waals surface area contributed by atoms with Crippen LogP contribution in [-0.4, -0.2) is 58.8 Å². The van der Waals surface area contributed by atoms with Gasteiger partial charge in [-0.25, -0.2) is 4.99 Å². The number of nitrogens with zero attached hydrogens (tertiary/aromatic N) is 5. The van der Waals surface area contributed by atoms with Crippen molar-refractivity contribution in [3.8, 4) is 11.5 Å². The van der Waals surface area contributed by atoms with E-state index in [1.165, 1.54) is 0 Å². The maximum atomic E-state index is 13.4. The van der Waals surface area contributed by atoms with Crippen LogP contribution < -0.4 is 0 Å². The molecule has 2 aromatic rings. The number of aromatic nitrogens is 2. The lowest BCUT2D eigenvalue weighted by atomic mass is 10.00. The smallest absolute Gasteiger partial charge is 0.429 e. The first-order valence-corrected chi connectivity index (χ1v) is 10.1. The molecular formula is C22H26F3N5O3. The van der Waals surface area contributed by atoms with E-state index in [1.807, 2.05) is 13.0 Å². The van der Waals surface area contributed by atoms with Gasteiger partial charge in [0, 0.05) is 13.5 Å². The van der Waals surface area contributed by atoms with Crippen LogP contribution in [0.15, 0.2) is 44.7 Å². The van der Waals surface area contributed by atoms with Gasteiger partial charge < -0.3 is 14.1 Å². The van der Waals surface area contributed by atoms with E-state index in [0.29, 0.717) is 23.6 Å². The first-order valence-electron chi connectivity index (χ1n) is 10.1. The standard InChI is InChI=1S/C22H26F3N5O3/c1-7-30(14(3)12-32-18(26-6)11-27-15(4)22(23,24)25)21(31)17-10-8-9-13(2)19(17)20-29-28-16(5)33-20/h8-11,14H,6-7,12H2,1-5H3/b18-11+,27-15+/t14-/m0/s1. The van der Waals surface area contributed by atoms with Crippen LogP contribution in [0.25, 0.3) is 11.5 Å². The van der Waals surface area contributed by atoms with Gasteiger partial charge in [-0.05, 0) is 46.0 Å². The zero-order chi connectivity index (χ0) is 24.8. The monoisotopic (exact) mass is 465 g/mol. The molecule has 0 saturated carbocycles. The lowest BCUT2D eigenvalue weighted by molar-refractivity contribution is -0.0592. The highest BCUT2D eigenvalue weighted by Gasteiger charge is 2.31. The third-order valence-electron chi connectivity index (χ3n) is 4.78. The summed E-state index contributed by atoms with van der Waals surface area (Å²) in [6, 6.07) is 4.82. The van der Waals surface area contributed by atoms with Gasteiger partial charge >= 0.3 is 6.18 Å². The summed E-state index contributed by atoms with van der Waals surface area (Å²) >= 11 is 0. The first kappa shape index (κ1) is 25.8. The van der Waals surface area contributed by atoms with Gasteiger partial charge in [-0.3, -0.25) is 9.79 Å². The number of benzene rings is 1. The molecule has 33 heavy (non-hydrogen) atoms. The van der Waals surface area contributed by atoms with E-state index in [9.17, 15) is 18.0 Å². The second-order valence-corrected chi connectivity index (χ2v) is 7.21. The molecule has 0 bridgehead atoms. The van der Waals surface area contributed by atoms with Crippen LogP contribution >= 0.6 is 0 Å². The maximum absolute atomic E-state index is 13.4. The fourth-order valence-corrected chi connectivity index (χ4v) is 2.98. The molecule has 1 heterocycles. The number of aryl methyl sites for hydroxylation is 2. The van der Waals surface area contributed by atoms with E-state index in [2.05, 4.69) is 26.9 Å². The molecular weight excluding hydrogens is 439 g/mol. The normalized spacial score (nSPS) is 13.6. The Kier molecular flexibility index (Phi) is 8.50. The lowest BCUT2D eigenvalue weighted by Gasteiger charge is -2.28. The van der Waals surface area contributed by atoms with Crippen LogP contribution in [0, 0.1) is 13.8 Å². The van der Waals surface area contributed by atoms with E-state index < -0.39 is 17.9 Å². The third-order valence-corrected chi connectivity index (χ3v) is 4.78. The molecule has 0 aliphatic carbocycles. The molecule has 178 valence electrons. The third kappa shape index (κ3) is 6.50. The molecule has 0 unspecified atom stereocenters. The molecule has 0 spiro atoms. The Hall–Kier alpha value is -3.50. The van der Waals surface area contributed by atoms with Crippen molar-refractivity contribution in [2.75, 3.05) is 13.2 Å². The van der Waals surface area contributed by atoms with Gasteiger partial charge in [0.1, 0.15) is 12.3 Å². The van der Waals surface area contributed by atoms with Crippen molar-refractivity contribution >= 4 is 18.3 Å². The van der Waals surface area contributed by atoms with Gasteiger partial charge in [0.25, 0.3) is 5.91 Å². The average Bonchev–Trinajstić information content (AvgIpc) is 3.18. The number of carbonyl (C=O) groups excluding carboxylic acids is 1. The van der Waals surface area contributed by atoms with Gasteiger partial charge in [-0.1, -0.05) is 12.1 Å². The molecule has 1 atom stereocenters. The molecule has 8 nitrogen and oxygen atoms in total. The number of alkyl halides is 3. The fraction of sp³-hybridized carbons (Fsp3) is 0.409. The van der Waals surface area contributed by atoms with Crippen molar-refractivity contribution in [2.24, 2.45) is 9.98 Å².